The molecule has 1 rings (SSSR count). The fraction of sp³-hybridized carbons (Fsp3) is 0.385. The first-order valence-corrected chi connectivity index (χ1v) is 6.02. The number of aromatic carboxylic acids is 1. The van der Waals surface area contributed by atoms with Gasteiger partial charge in [-0.1, -0.05) is 17.7 Å². The molecule has 0 aliphatic rings. The van der Waals surface area contributed by atoms with Crippen LogP contribution in [0.1, 0.15) is 30.6 Å². The quantitative estimate of drug-likeness (QED) is 0.889. The molecule has 96 valence electrons. The van der Waals surface area contributed by atoms with Crippen LogP contribution in [0.5, 0.6) is 0 Å². The molecule has 0 saturated carbocycles. The molecule has 0 aliphatic heterocycles. The summed E-state index contributed by atoms with van der Waals surface area (Å²) in [4.78, 5) is 13.1. The minimum atomic E-state index is -1.02. The second-order valence-corrected chi connectivity index (χ2v) is 4.54. The number of hydrogen-bond acceptors (Lipinski definition) is 3. The third kappa shape index (κ3) is 3.14. The second-order valence-electron chi connectivity index (χ2n) is 4.14. The van der Waals surface area contributed by atoms with E-state index in [4.69, 9.17) is 16.9 Å². The Balaban J connectivity index is 3.26. The number of para-hydroxylation sites is 1. The Morgan fingerprint density at radius 2 is 2.22 bits per heavy atom. The lowest BCUT2D eigenvalue weighted by Crippen LogP contribution is -2.33. The molecule has 0 atom stereocenters. The van der Waals surface area contributed by atoms with E-state index in [1.807, 2.05) is 18.7 Å². The molecule has 1 aromatic carbocycles. The standard InChI is InChI=1S/C13H15ClN2O2/c1-9(2)16(8-4-7-15)12-10(13(17)18)5-3-6-11(12)14/h3,5-6,9H,4,8H2,1-2H3,(H,17,18). The van der Waals surface area contributed by atoms with Crippen LogP contribution >= 0.6 is 11.6 Å². The molecule has 1 N–H and O–H groups in total. The average molecular weight is 267 g/mol. The molecule has 0 aromatic heterocycles. The van der Waals surface area contributed by atoms with E-state index in [1.165, 1.54) is 6.07 Å². The van der Waals surface area contributed by atoms with Crippen LogP contribution < -0.4 is 4.90 Å². The molecule has 18 heavy (non-hydrogen) atoms. The lowest BCUT2D eigenvalue weighted by atomic mass is 10.1. The van der Waals surface area contributed by atoms with Crippen molar-refractivity contribution in [1.29, 1.82) is 5.26 Å². The number of carbonyl (C=O) groups is 1. The van der Waals surface area contributed by atoms with E-state index in [-0.39, 0.29) is 11.6 Å². The SMILES string of the molecule is CC(C)N(CCC#N)c1c(Cl)cccc1C(=O)O. The van der Waals surface area contributed by atoms with Crippen molar-refractivity contribution in [2.45, 2.75) is 26.3 Å². The van der Waals surface area contributed by atoms with E-state index in [0.717, 1.165) is 0 Å². The van der Waals surface area contributed by atoms with Gasteiger partial charge in [-0.05, 0) is 26.0 Å². The van der Waals surface area contributed by atoms with Crippen LogP contribution in [-0.2, 0) is 0 Å². The zero-order chi connectivity index (χ0) is 13.7. The van der Waals surface area contributed by atoms with Gasteiger partial charge in [0.2, 0.25) is 0 Å². The topological polar surface area (TPSA) is 64.3 Å². The third-order valence-electron chi connectivity index (χ3n) is 2.59. The van der Waals surface area contributed by atoms with E-state index in [9.17, 15) is 9.90 Å². The van der Waals surface area contributed by atoms with E-state index < -0.39 is 5.97 Å². The Hall–Kier alpha value is -1.73. The number of rotatable bonds is 5. The van der Waals surface area contributed by atoms with E-state index in [0.29, 0.717) is 23.7 Å². The number of anilines is 1. The van der Waals surface area contributed by atoms with Crippen LogP contribution in [0.2, 0.25) is 5.02 Å². The van der Waals surface area contributed by atoms with Crippen LogP contribution in [0.15, 0.2) is 18.2 Å². The van der Waals surface area contributed by atoms with E-state index in [2.05, 4.69) is 6.07 Å². The Morgan fingerprint density at radius 3 is 2.72 bits per heavy atom. The van der Waals surface area contributed by atoms with Crippen molar-refractivity contribution in [3.8, 4) is 6.07 Å². The van der Waals surface area contributed by atoms with Crippen LogP contribution in [0, 0.1) is 11.3 Å². The second kappa shape index (κ2) is 6.27. The fourth-order valence-electron chi connectivity index (χ4n) is 1.78. The van der Waals surface area contributed by atoms with Crippen LogP contribution in [0.25, 0.3) is 0 Å². The Kier molecular flexibility index (Phi) is 4.99. The molecule has 0 fully saturated rings. The smallest absolute Gasteiger partial charge is 0.337 e. The van der Waals surface area contributed by atoms with Gasteiger partial charge in [0.05, 0.1) is 28.8 Å². The average Bonchev–Trinajstić information content (AvgIpc) is 2.30. The highest BCUT2D eigenvalue weighted by Gasteiger charge is 2.20. The molecule has 0 spiro atoms. The number of nitriles is 1. The predicted molar refractivity (Wildman–Crippen MR) is 71.1 cm³/mol. The molecule has 0 aliphatic carbocycles. The molecular weight excluding hydrogens is 252 g/mol. The molecule has 1 aromatic rings. The van der Waals surface area contributed by atoms with E-state index >= 15 is 0 Å². The van der Waals surface area contributed by atoms with Gasteiger partial charge in [-0.2, -0.15) is 5.26 Å². The van der Waals surface area contributed by atoms with Gasteiger partial charge < -0.3 is 10.0 Å². The van der Waals surface area contributed by atoms with Crippen molar-refractivity contribution < 1.29 is 9.90 Å². The lowest BCUT2D eigenvalue weighted by Gasteiger charge is -2.30. The van der Waals surface area contributed by atoms with Crippen LogP contribution in [0.3, 0.4) is 0 Å². The Labute approximate surface area is 111 Å². The van der Waals surface area contributed by atoms with Crippen molar-refractivity contribution in [2.75, 3.05) is 11.4 Å². The van der Waals surface area contributed by atoms with Gasteiger partial charge in [0, 0.05) is 12.6 Å². The lowest BCUT2D eigenvalue weighted by molar-refractivity contribution is 0.0697. The zero-order valence-electron chi connectivity index (χ0n) is 10.4. The minimum Gasteiger partial charge on any atom is -0.478 e. The summed E-state index contributed by atoms with van der Waals surface area (Å²) in [6.07, 6.45) is 0.322. The van der Waals surface area contributed by atoms with Crippen molar-refractivity contribution in [3.05, 3.63) is 28.8 Å². The Bertz CT molecular complexity index is 480. The van der Waals surface area contributed by atoms with Crippen molar-refractivity contribution in [1.82, 2.24) is 0 Å². The van der Waals surface area contributed by atoms with Crippen molar-refractivity contribution in [2.24, 2.45) is 0 Å². The number of benzene rings is 1. The summed E-state index contributed by atoms with van der Waals surface area (Å²) >= 11 is 6.10. The molecule has 0 saturated heterocycles. The number of hydrogen-bond donors (Lipinski definition) is 1. The summed E-state index contributed by atoms with van der Waals surface area (Å²) in [7, 11) is 0. The van der Waals surface area contributed by atoms with Gasteiger partial charge in [-0.15, -0.1) is 0 Å². The first kappa shape index (κ1) is 14.3. The minimum absolute atomic E-state index is 0.0661. The van der Waals surface area contributed by atoms with Crippen LogP contribution in [-0.4, -0.2) is 23.7 Å². The molecular formula is C13H15ClN2O2. The number of carboxylic acids is 1. The van der Waals surface area contributed by atoms with Gasteiger partial charge in [-0.3, -0.25) is 0 Å². The molecule has 5 heteroatoms. The summed E-state index contributed by atoms with van der Waals surface area (Å²) in [5, 5.41) is 18.3. The number of nitrogens with zero attached hydrogens (tertiary/aromatic N) is 2. The van der Waals surface area contributed by atoms with Crippen LogP contribution in [0.4, 0.5) is 5.69 Å². The van der Waals surface area contributed by atoms with Gasteiger partial charge >= 0.3 is 5.97 Å². The first-order valence-electron chi connectivity index (χ1n) is 5.64. The normalized spacial score (nSPS) is 10.2. The molecule has 0 heterocycles. The largest absolute Gasteiger partial charge is 0.478 e. The summed E-state index contributed by atoms with van der Waals surface area (Å²) in [6, 6.07) is 6.91. The highest BCUT2D eigenvalue weighted by molar-refractivity contribution is 6.34. The molecule has 0 bridgehead atoms. The molecule has 4 nitrogen and oxygen atoms in total. The van der Waals surface area contributed by atoms with E-state index in [1.54, 1.807) is 12.1 Å². The highest BCUT2D eigenvalue weighted by Crippen LogP contribution is 2.31. The summed E-state index contributed by atoms with van der Waals surface area (Å²) in [5.74, 6) is -1.02. The monoisotopic (exact) mass is 266 g/mol. The maximum atomic E-state index is 11.2. The maximum absolute atomic E-state index is 11.2. The molecule has 0 amide bonds. The van der Waals surface area contributed by atoms with Gasteiger partial charge in [0.1, 0.15) is 0 Å². The van der Waals surface area contributed by atoms with Crippen molar-refractivity contribution in [3.63, 3.8) is 0 Å². The third-order valence-corrected chi connectivity index (χ3v) is 2.90. The predicted octanol–water partition coefficient (Wildman–Crippen LogP) is 3.17. The summed E-state index contributed by atoms with van der Waals surface area (Å²) in [6.45, 7) is 4.33. The number of halogens is 1. The van der Waals surface area contributed by atoms with Gasteiger partial charge in [-0.25, -0.2) is 4.79 Å². The maximum Gasteiger partial charge on any atom is 0.337 e. The molecule has 0 unspecified atom stereocenters. The van der Waals surface area contributed by atoms with Crippen molar-refractivity contribution >= 4 is 23.3 Å². The summed E-state index contributed by atoms with van der Waals surface area (Å²) < 4.78 is 0. The molecule has 0 radical (unpaired) electrons. The van der Waals surface area contributed by atoms with Gasteiger partial charge in [0.15, 0.2) is 0 Å². The summed E-state index contributed by atoms with van der Waals surface area (Å²) in [5.41, 5.74) is 0.644. The fourth-order valence-corrected chi connectivity index (χ4v) is 2.06. The zero-order valence-corrected chi connectivity index (χ0v) is 11.1. The van der Waals surface area contributed by atoms with Gasteiger partial charge in [0.25, 0.3) is 0 Å². The first-order chi connectivity index (χ1) is 8.49. The highest BCUT2D eigenvalue weighted by atomic mass is 35.5. The Morgan fingerprint density at radius 1 is 1.56 bits per heavy atom. The number of carboxylic acid groups (broad SMARTS) is 1.